The predicted molar refractivity (Wildman–Crippen MR) is 98.5 cm³/mol. The van der Waals surface area contributed by atoms with Gasteiger partial charge in [0.15, 0.2) is 8.32 Å². The van der Waals surface area contributed by atoms with Crippen molar-refractivity contribution < 1.29 is 23.9 Å². The van der Waals surface area contributed by atoms with Gasteiger partial charge in [-0.05, 0) is 18.1 Å². The molecule has 1 saturated carbocycles. The third-order valence-electron chi connectivity index (χ3n) is 6.56. The Morgan fingerprint density at radius 2 is 1.76 bits per heavy atom. The number of carboxylic acids is 1. The number of carbonyl (C=O) groups is 2. The molecule has 2 aliphatic carbocycles. The maximum absolute atomic E-state index is 12.3. The zero-order chi connectivity index (χ0) is 19.2. The van der Waals surface area contributed by atoms with E-state index in [1.165, 1.54) is 7.11 Å². The molecule has 0 aromatic carbocycles. The molecule has 1 fully saturated rings. The topological polar surface area (TPSA) is 72.8 Å². The molecule has 2 bridgehead atoms. The van der Waals surface area contributed by atoms with Crippen LogP contribution in [0.5, 0.6) is 0 Å². The second kappa shape index (κ2) is 6.40. The molecule has 25 heavy (non-hydrogen) atoms. The number of hydrogen-bond donors (Lipinski definition) is 1. The lowest BCUT2D eigenvalue weighted by atomic mass is 9.76. The Kier molecular flexibility index (Phi) is 5.09. The van der Waals surface area contributed by atoms with Crippen LogP contribution in [0.15, 0.2) is 24.8 Å². The van der Waals surface area contributed by atoms with Gasteiger partial charge < -0.3 is 14.3 Å². The summed E-state index contributed by atoms with van der Waals surface area (Å²) in [6.07, 6.45) is 5.66. The number of carbonyl (C=O) groups excluding carboxylic acids is 1. The van der Waals surface area contributed by atoms with Gasteiger partial charge in [0.2, 0.25) is 0 Å². The van der Waals surface area contributed by atoms with E-state index in [0.717, 1.165) is 0 Å². The Balaban J connectivity index is 2.37. The van der Waals surface area contributed by atoms with Crippen molar-refractivity contribution in [3.8, 4) is 0 Å². The van der Waals surface area contributed by atoms with Gasteiger partial charge >= 0.3 is 11.9 Å². The summed E-state index contributed by atoms with van der Waals surface area (Å²) in [4.78, 5) is 24.2. The summed E-state index contributed by atoms with van der Waals surface area (Å²) >= 11 is 0. The van der Waals surface area contributed by atoms with Crippen molar-refractivity contribution in [3.63, 3.8) is 0 Å². The van der Waals surface area contributed by atoms with Crippen LogP contribution in [-0.2, 0) is 18.8 Å². The average molecular weight is 367 g/mol. The SMILES string of the molecule is C=C[C@]1(CO[Si](C)(C)C(C)(C)C)[C@@H]2C=C[C@H]1[C@@H](C(=O)OC)[C@H]2C(=O)O. The number of carboxylic acid groups (broad SMARTS) is 1. The highest BCUT2D eigenvalue weighted by molar-refractivity contribution is 6.74. The highest BCUT2D eigenvalue weighted by Gasteiger charge is 2.65. The highest BCUT2D eigenvalue weighted by atomic mass is 28.4. The van der Waals surface area contributed by atoms with Gasteiger partial charge in [0.25, 0.3) is 0 Å². The van der Waals surface area contributed by atoms with Gasteiger partial charge in [-0.25, -0.2) is 0 Å². The van der Waals surface area contributed by atoms with Gasteiger partial charge in [-0.15, -0.1) is 6.58 Å². The van der Waals surface area contributed by atoms with E-state index >= 15 is 0 Å². The maximum Gasteiger partial charge on any atom is 0.310 e. The number of ether oxygens (including phenoxy) is 1. The molecule has 6 heteroatoms. The van der Waals surface area contributed by atoms with Crippen LogP contribution in [0.25, 0.3) is 0 Å². The van der Waals surface area contributed by atoms with Gasteiger partial charge in [0.05, 0.1) is 18.9 Å². The number of hydrogen-bond acceptors (Lipinski definition) is 4. The van der Waals surface area contributed by atoms with Crippen molar-refractivity contribution in [2.24, 2.45) is 29.1 Å². The number of fused-ring (bicyclic) bond motifs is 2. The van der Waals surface area contributed by atoms with E-state index in [1.54, 1.807) is 6.08 Å². The van der Waals surface area contributed by atoms with Crippen LogP contribution in [0.2, 0.25) is 18.1 Å². The van der Waals surface area contributed by atoms with E-state index in [0.29, 0.717) is 6.61 Å². The molecule has 0 saturated heterocycles. The maximum atomic E-state index is 12.3. The molecule has 0 aromatic rings. The van der Waals surface area contributed by atoms with Crippen LogP contribution in [0.1, 0.15) is 20.8 Å². The van der Waals surface area contributed by atoms with Crippen LogP contribution >= 0.6 is 0 Å². The average Bonchev–Trinajstić information content (AvgIpc) is 3.01. The quantitative estimate of drug-likeness (QED) is 0.442. The molecular weight excluding hydrogens is 336 g/mol. The van der Waals surface area contributed by atoms with Crippen LogP contribution in [0.3, 0.4) is 0 Å². The predicted octanol–water partition coefficient (Wildman–Crippen LogP) is 3.49. The molecule has 2 rings (SSSR count). The van der Waals surface area contributed by atoms with Crippen molar-refractivity contribution in [2.45, 2.75) is 38.9 Å². The Morgan fingerprint density at radius 3 is 2.16 bits per heavy atom. The third kappa shape index (κ3) is 2.99. The monoisotopic (exact) mass is 366 g/mol. The minimum Gasteiger partial charge on any atom is -0.481 e. The molecule has 0 aliphatic heterocycles. The first-order valence-corrected chi connectivity index (χ1v) is 11.6. The van der Waals surface area contributed by atoms with E-state index < -0.39 is 37.5 Å². The van der Waals surface area contributed by atoms with Crippen molar-refractivity contribution in [1.82, 2.24) is 0 Å². The summed E-state index contributed by atoms with van der Waals surface area (Å²) in [6.45, 7) is 15.2. The highest BCUT2D eigenvalue weighted by Crippen LogP contribution is 2.61. The van der Waals surface area contributed by atoms with Crippen LogP contribution < -0.4 is 0 Å². The molecule has 0 aromatic heterocycles. The molecule has 0 heterocycles. The normalized spacial score (nSPS) is 34.2. The minimum absolute atomic E-state index is 0.0500. The summed E-state index contributed by atoms with van der Waals surface area (Å²) in [6, 6.07) is 0. The number of esters is 1. The zero-order valence-corrected chi connectivity index (χ0v) is 17.0. The fourth-order valence-corrected chi connectivity index (χ4v) is 5.00. The summed E-state index contributed by atoms with van der Waals surface area (Å²) in [5.41, 5.74) is -0.572. The second-order valence-electron chi connectivity index (χ2n) is 8.71. The molecule has 140 valence electrons. The lowest BCUT2D eigenvalue weighted by molar-refractivity contribution is -0.156. The van der Waals surface area contributed by atoms with Crippen molar-refractivity contribution in [2.75, 3.05) is 13.7 Å². The lowest BCUT2D eigenvalue weighted by Crippen LogP contribution is -2.45. The number of allylic oxidation sites excluding steroid dienone is 2. The van der Waals surface area contributed by atoms with Gasteiger partial charge in [0.1, 0.15) is 0 Å². The third-order valence-corrected chi connectivity index (χ3v) is 11.0. The van der Waals surface area contributed by atoms with E-state index in [-0.39, 0.29) is 16.9 Å². The molecule has 0 radical (unpaired) electrons. The Hall–Kier alpha value is -1.40. The molecule has 1 N–H and O–H groups in total. The molecular formula is C19H30O5Si. The smallest absolute Gasteiger partial charge is 0.310 e. The Bertz CT molecular complexity index is 603. The summed E-state index contributed by atoms with van der Waals surface area (Å²) in [5.74, 6) is -3.50. The van der Waals surface area contributed by atoms with E-state index in [2.05, 4.69) is 40.4 Å². The minimum atomic E-state index is -2.01. The standard InChI is InChI=1S/C19H30O5Si/c1-8-19(11-24-25(6,7)18(2,3)4)12-9-10-13(19)15(17(22)23-5)14(12)16(20)21/h8-10,12-15H,1,11H2,2-7H3,(H,20,21)/t12-,13+,14+,15-,19+/m1/s1. The van der Waals surface area contributed by atoms with Gasteiger partial charge in [-0.3, -0.25) is 9.59 Å². The largest absolute Gasteiger partial charge is 0.481 e. The van der Waals surface area contributed by atoms with Crippen LogP contribution in [0, 0.1) is 29.1 Å². The summed E-state index contributed by atoms with van der Waals surface area (Å²) in [5, 5.41) is 9.78. The first kappa shape index (κ1) is 19.9. The number of methoxy groups -OCH3 is 1. The molecule has 5 atom stereocenters. The van der Waals surface area contributed by atoms with Gasteiger partial charge in [-0.1, -0.05) is 39.0 Å². The first-order valence-electron chi connectivity index (χ1n) is 8.69. The fraction of sp³-hybridized carbons (Fsp3) is 0.684. The van der Waals surface area contributed by atoms with Gasteiger partial charge in [-0.2, -0.15) is 0 Å². The van der Waals surface area contributed by atoms with E-state index in [9.17, 15) is 14.7 Å². The zero-order valence-electron chi connectivity index (χ0n) is 16.0. The molecule has 0 spiro atoms. The van der Waals surface area contributed by atoms with Crippen LogP contribution in [0.4, 0.5) is 0 Å². The molecule has 2 aliphatic rings. The molecule has 5 nitrogen and oxygen atoms in total. The first-order chi connectivity index (χ1) is 11.4. The van der Waals surface area contributed by atoms with Crippen molar-refractivity contribution in [1.29, 1.82) is 0 Å². The summed E-state index contributed by atoms with van der Waals surface area (Å²) < 4.78 is 11.3. The lowest BCUT2D eigenvalue weighted by Gasteiger charge is -2.41. The van der Waals surface area contributed by atoms with Crippen LogP contribution in [-0.4, -0.2) is 39.1 Å². The Morgan fingerprint density at radius 1 is 1.24 bits per heavy atom. The van der Waals surface area contributed by atoms with E-state index in [4.69, 9.17) is 9.16 Å². The number of aliphatic carboxylic acids is 1. The van der Waals surface area contributed by atoms with Crippen molar-refractivity contribution in [3.05, 3.63) is 24.8 Å². The van der Waals surface area contributed by atoms with Gasteiger partial charge in [0, 0.05) is 23.9 Å². The summed E-state index contributed by atoms with van der Waals surface area (Å²) in [7, 11) is -0.709. The number of rotatable bonds is 6. The molecule has 0 amide bonds. The second-order valence-corrected chi connectivity index (χ2v) is 13.5. The van der Waals surface area contributed by atoms with E-state index in [1.807, 2.05) is 12.2 Å². The Labute approximate surface area is 151 Å². The molecule has 0 unspecified atom stereocenters. The fourth-order valence-electron chi connectivity index (χ4n) is 3.96. The van der Waals surface area contributed by atoms with Crippen molar-refractivity contribution >= 4 is 20.3 Å².